The van der Waals surface area contributed by atoms with E-state index in [-0.39, 0.29) is 6.61 Å². The molecule has 3 N–H and O–H groups in total. The van der Waals surface area contributed by atoms with E-state index in [2.05, 4.69) is 5.32 Å². The molecular formula is C17H24N2O4. The normalized spacial score (nSPS) is 23.8. The Morgan fingerprint density at radius 3 is 2.48 bits per heavy atom. The maximum absolute atomic E-state index is 12.2. The summed E-state index contributed by atoms with van der Waals surface area (Å²) < 4.78 is 10.1. The average molecular weight is 320 g/mol. The molecule has 1 saturated carbocycles. The summed E-state index contributed by atoms with van der Waals surface area (Å²) in [5.74, 6) is -0.0421. The van der Waals surface area contributed by atoms with E-state index in [4.69, 9.17) is 15.2 Å². The maximum atomic E-state index is 12.2. The van der Waals surface area contributed by atoms with Gasteiger partial charge in [-0.2, -0.15) is 0 Å². The molecule has 0 aromatic heterocycles. The number of nitrogens with two attached hydrogens (primary N) is 1. The van der Waals surface area contributed by atoms with Gasteiger partial charge in [0.1, 0.15) is 12.1 Å². The minimum atomic E-state index is -1.01. The van der Waals surface area contributed by atoms with Crippen molar-refractivity contribution in [2.24, 2.45) is 11.7 Å². The molecule has 6 heteroatoms. The number of amides is 1. The van der Waals surface area contributed by atoms with Crippen molar-refractivity contribution in [2.45, 2.75) is 37.8 Å². The van der Waals surface area contributed by atoms with E-state index in [1.807, 2.05) is 30.3 Å². The van der Waals surface area contributed by atoms with Crippen molar-refractivity contribution in [3.05, 3.63) is 35.9 Å². The Labute approximate surface area is 136 Å². The lowest BCUT2D eigenvalue weighted by atomic mass is 9.76. The monoisotopic (exact) mass is 320 g/mol. The fraction of sp³-hybridized carbons (Fsp3) is 0.529. The zero-order chi connectivity index (χ0) is 16.7. The summed E-state index contributed by atoms with van der Waals surface area (Å²) in [6.07, 6.45) is 1.99. The highest BCUT2D eigenvalue weighted by molar-refractivity contribution is 5.85. The lowest BCUT2D eigenvalue weighted by Gasteiger charge is -2.37. The number of carbonyl (C=O) groups is 2. The summed E-state index contributed by atoms with van der Waals surface area (Å²) in [5.41, 5.74) is 5.57. The number of hydrogen-bond donors (Lipinski definition) is 2. The first kappa shape index (κ1) is 17.3. The van der Waals surface area contributed by atoms with E-state index in [9.17, 15) is 9.59 Å². The first-order valence-electron chi connectivity index (χ1n) is 7.87. The number of rotatable bonds is 5. The van der Waals surface area contributed by atoms with Crippen LogP contribution in [0.15, 0.2) is 30.3 Å². The highest BCUT2D eigenvalue weighted by atomic mass is 16.6. The molecule has 0 heterocycles. The number of methoxy groups -OCH3 is 1. The van der Waals surface area contributed by atoms with Gasteiger partial charge in [0.05, 0.1) is 7.11 Å². The highest BCUT2D eigenvalue weighted by Crippen LogP contribution is 2.32. The zero-order valence-corrected chi connectivity index (χ0v) is 13.4. The highest BCUT2D eigenvalue weighted by Gasteiger charge is 2.44. The van der Waals surface area contributed by atoms with E-state index in [0.717, 1.165) is 18.4 Å². The second-order valence-corrected chi connectivity index (χ2v) is 5.94. The Kier molecular flexibility index (Phi) is 5.98. The third kappa shape index (κ3) is 4.45. The fourth-order valence-electron chi connectivity index (χ4n) is 2.94. The molecule has 1 aromatic rings. The Morgan fingerprint density at radius 1 is 1.26 bits per heavy atom. The first-order chi connectivity index (χ1) is 11.1. The quantitative estimate of drug-likeness (QED) is 0.810. The van der Waals surface area contributed by atoms with Gasteiger partial charge in [-0.3, -0.25) is 0 Å². The van der Waals surface area contributed by atoms with Gasteiger partial charge in [0.2, 0.25) is 0 Å². The van der Waals surface area contributed by atoms with Crippen LogP contribution in [0.3, 0.4) is 0 Å². The molecule has 0 aliphatic heterocycles. The Balaban J connectivity index is 1.95. The largest absolute Gasteiger partial charge is 0.467 e. The summed E-state index contributed by atoms with van der Waals surface area (Å²) >= 11 is 0. The van der Waals surface area contributed by atoms with Crippen LogP contribution in [0.5, 0.6) is 0 Å². The van der Waals surface area contributed by atoms with Gasteiger partial charge in [-0.1, -0.05) is 30.3 Å². The molecule has 1 aliphatic carbocycles. The third-order valence-electron chi connectivity index (χ3n) is 4.42. The lowest BCUT2D eigenvalue weighted by molar-refractivity contribution is -0.150. The first-order valence-corrected chi connectivity index (χ1v) is 7.87. The summed E-state index contributed by atoms with van der Waals surface area (Å²) in [7, 11) is 1.33. The van der Waals surface area contributed by atoms with Crippen molar-refractivity contribution < 1.29 is 19.1 Å². The number of benzene rings is 1. The molecule has 0 radical (unpaired) electrons. The molecule has 0 saturated heterocycles. The average Bonchev–Trinajstić information content (AvgIpc) is 2.60. The van der Waals surface area contributed by atoms with Gasteiger partial charge in [-0.25, -0.2) is 9.59 Å². The zero-order valence-electron chi connectivity index (χ0n) is 13.4. The molecule has 1 amide bonds. The predicted molar refractivity (Wildman–Crippen MR) is 85.5 cm³/mol. The molecule has 0 atom stereocenters. The van der Waals surface area contributed by atoms with Gasteiger partial charge in [-0.15, -0.1) is 0 Å². The van der Waals surface area contributed by atoms with Crippen LogP contribution in [-0.2, 0) is 20.9 Å². The van der Waals surface area contributed by atoms with Crippen molar-refractivity contribution in [1.82, 2.24) is 5.32 Å². The fourth-order valence-corrected chi connectivity index (χ4v) is 2.94. The van der Waals surface area contributed by atoms with E-state index >= 15 is 0 Å². The second-order valence-electron chi connectivity index (χ2n) is 5.94. The number of hydrogen-bond acceptors (Lipinski definition) is 5. The van der Waals surface area contributed by atoms with Gasteiger partial charge >= 0.3 is 12.1 Å². The molecule has 1 aliphatic rings. The number of alkyl carbamates (subject to hydrolysis) is 1. The van der Waals surface area contributed by atoms with Crippen LogP contribution in [0.2, 0.25) is 0 Å². The van der Waals surface area contributed by atoms with Gasteiger partial charge in [-0.05, 0) is 43.7 Å². The Morgan fingerprint density at radius 2 is 1.91 bits per heavy atom. The van der Waals surface area contributed by atoms with E-state index in [1.165, 1.54) is 7.11 Å². The van der Waals surface area contributed by atoms with Crippen LogP contribution in [0.1, 0.15) is 31.2 Å². The summed E-state index contributed by atoms with van der Waals surface area (Å²) in [5, 5.41) is 2.72. The molecule has 0 bridgehead atoms. The SMILES string of the molecule is COC(=O)C1(NC(=O)OCc2ccccc2)CCC(CN)CC1. The van der Waals surface area contributed by atoms with Crippen molar-refractivity contribution >= 4 is 12.1 Å². The van der Waals surface area contributed by atoms with E-state index in [0.29, 0.717) is 25.3 Å². The van der Waals surface area contributed by atoms with Crippen molar-refractivity contribution in [2.75, 3.05) is 13.7 Å². The molecule has 6 nitrogen and oxygen atoms in total. The lowest BCUT2D eigenvalue weighted by Crippen LogP contribution is -2.57. The summed E-state index contributed by atoms with van der Waals surface area (Å²) in [6, 6.07) is 9.39. The van der Waals surface area contributed by atoms with Gasteiger partial charge in [0.25, 0.3) is 0 Å². The van der Waals surface area contributed by atoms with Crippen molar-refractivity contribution in [3.8, 4) is 0 Å². The topological polar surface area (TPSA) is 90.6 Å². The predicted octanol–water partition coefficient (Wildman–Crippen LogP) is 1.97. The van der Waals surface area contributed by atoms with Crippen LogP contribution in [0.25, 0.3) is 0 Å². The summed E-state index contributed by atoms with van der Waals surface area (Å²) in [6.45, 7) is 0.755. The molecular weight excluding hydrogens is 296 g/mol. The van der Waals surface area contributed by atoms with Gasteiger partial charge < -0.3 is 20.5 Å². The standard InChI is InChI=1S/C17H24N2O4/c1-22-15(20)17(9-7-13(11-18)8-10-17)19-16(21)23-12-14-5-3-2-4-6-14/h2-6,13H,7-12,18H2,1H3,(H,19,21). The number of carbonyl (C=O) groups excluding carboxylic acids is 2. The van der Waals surface area contributed by atoms with E-state index in [1.54, 1.807) is 0 Å². The van der Waals surface area contributed by atoms with E-state index < -0.39 is 17.6 Å². The molecule has 0 unspecified atom stereocenters. The van der Waals surface area contributed by atoms with Crippen LogP contribution in [0, 0.1) is 5.92 Å². The minimum absolute atomic E-state index is 0.162. The minimum Gasteiger partial charge on any atom is -0.467 e. The Bertz CT molecular complexity index is 525. The van der Waals surface area contributed by atoms with Crippen LogP contribution in [-0.4, -0.2) is 31.3 Å². The molecule has 0 spiro atoms. The van der Waals surface area contributed by atoms with Crippen molar-refractivity contribution in [3.63, 3.8) is 0 Å². The second kappa shape index (κ2) is 7.97. The van der Waals surface area contributed by atoms with Crippen LogP contribution in [0.4, 0.5) is 4.79 Å². The number of esters is 1. The molecule has 1 aromatic carbocycles. The maximum Gasteiger partial charge on any atom is 0.408 e. The summed E-state index contributed by atoms with van der Waals surface area (Å²) in [4.78, 5) is 24.3. The van der Waals surface area contributed by atoms with Crippen LogP contribution < -0.4 is 11.1 Å². The molecule has 2 rings (SSSR count). The van der Waals surface area contributed by atoms with Crippen molar-refractivity contribution in [1.29, 1.82) is 0 Å². The van der Waals surface area contributed by atoms with Gasteiger partial charge in [0.15, 0.2) is 0 Å². The molecule has 1 fully saturated rings. The third-order valence-corrected chi connectivity index (χ3v) is 4.42. The number of nitrogens with one attached hydrogen (secondary N) is 1. The smallest absolute Gasteiger partial charge is 0.408 e. The Hall–Kier alpha value is -2.08. The van der Waals surface area contributed by atoms with Gasteiger partial charge in [0, 0.05) is 0 Å². The number of ether oxygens (including phenoxy) is 2. The van der Waals surface area contributed by atoms with Crippen LogP contribution >= 0.6 is 0 Å². The molecule has 126 valence electrons. The molecule has 23 heavy (non-hydrogen) atoms.